The molecule has 0 unspecified atom stereocenters. The number of hydrogen-bond donors (Lipinski definition) is 0. The monoisotopic (exact) mass is 278 g/mol. The minimum absolute atomic E-state index is 0.765. The first-order valence-electron chi connectivity index (χ1n) is 6.75. The second-order valence-corrected chi connectivity index (χ2v) is 5.59. The van der Waals surface area contributed by atoms with Gasteiger partial charge in [0.15, 0.2) is 0 Å². The van der Waals surface area contributed by atoms with Crippen LogP contribution in [0.25, 0.3) is 5.52 Å². The maximum Gasteiger partial charge on any atom is 0.114 e. The van der Waals surface area contributed by atoms with Gasteiger partial charge in [-0.1, -0.05) is 11.6 Å². The molecule has 0 aromatic carbocycles. The number of nitrogens with zero attached hydrogens (tertiary/aromatic N) is 4. The number of imidazole rings is 1. The molecule has 0 bridgehead atoms. The molecule has 0 amide bonds. The predicted octanol–water partition coefficient (Wildman–Crippen LogP) is 1.78. The highest BCUT2D eigenvalue weighted by Gasteiger charge is 2.14. The Morgan fingerprint density at radius 1 is 1.26 bits per heavy atom. The van der Waals surface area contributed by atoms with Gasteiger partial charge in [-0.3, -0.25) is 0 Å². The first-order chi connectivity index (χ1) is 9.24. The summed E-state index contributed by atoms with van der Waals surface area (Å²) in [5.74, 6) is 1.09. The molecule has 4 nitrogen and oxygen atoms in total. The van der Waals surface area contributed by atoms with E-state index in [1.54, 1.807) is 0 Å². The SMILES string of the molecule is CN1CCN(CCc2ncc3c(Cl)cccn23)CC1. The van der Waals surface area contributed by atoms with Crippen LogP contribution in [-0.4, -0.2) is 59.0 Å². The minimum atomic E-state index is 0.765. The Balaban J connectivity index is 1.67. The molecule has 19 heavy (non-hydrogen) atoms. The molecule has 0 radical (unpaired) electrons. The van der Waals surface area contributed by atoms with Gasteiger partial charge in [0.1, 0.15) is 5.82 Å². The Morgan fingerprint density at radius 2 is 2.05 bits per heavy atom. The van der Waals surface area contributed by atoms with E-state index >= 15 is 0 Å². The number of piperazine rings is 1. The second kappa shape index (κ2) is 5.49. The molecule has 1 fully saturated rings. The Labute approximate surface area is 118 Å². The lowest BCUT2D eigenvalue weighted by molar-refractivity contribution is 0.155. The molecule has 3 rings (SSSR count). The summed E-state index contributed by atoms with van der Waals surface area (Å²) in [5, 5.41) is 0.765. The zero-order valence-corrected chi connectivity index (χ0v) is 12.0. The van der Waals surface area contributed by atoms with Gasteiger partial charge in [-0.25, -0.2) is 4.98 Å². The van der Waals surface area contributed by atoms with Gasteiger partial charge in [-0.05, 0) is 19.2 Å². The van der Waals surface area contributed by atoms with Crippen LogP contribution in [0.1, 0.15) is 5.82 Å². The smallest absolute Gasteiger partial charge is 0.114 e. The van der Waals surface area contributed by atoms with Gasteiger partial charge in [0, 0.05) is 45.3 Å². The van der Waals surface area contributed by atoms with Crippen molar-refractivity contribution < 1.29 is 0 Å². The average molecular weight is 279 g/mol. The number of aromatic nitrogens is 2. The number of pyridine rings is 1. The lowest BCUT2D eigenvalue weighted by atomic mass is 10.3. The van der Waals surface area contributed by atoms with Crippen LogP contribution in [0.15, 0.2) is 24.5 Å². The topological polar surface area (TPSA) is 23.8 Å². The van der Waals surface area contributed by atoms with Gasteiger partial charge in [-0.2, -0.15) is 0 Å². The highest BCUT2D eigenvalue weighted by Crippen LogP contribution is 2.18. The third kappa shape index (κ3) is 2.76. The molecule has 0 saturated carbocycles. The molecule has 1 saturated heterocycles. The van der Waals surface area contributed by atoms with E-state index in [9.17, 15) is 0 Å². The van der Waals surface area contributed by atoms with Gasteiger partial charge >= 0.3 is 0 Å². The first kappa shape index (κ1) is 12.9. The van der Waals surface area contributed by atoms with Crippen LogP contribution in [0.4, 0.5) is 0 Å². The number of likely N-dealkylation sites (N-methyl/N-ethyl adjacent to an activating group) is 1. The van der Waals surface area contributed by atoms with E-state index in [2.05, 4.69) is 26.2 Å². The van der Waals surface area contributed by atoms with E-state index in [-0.39, 0.29) is 0 Å². The summed E-state index contributed by atoms with van der Waals surface area (Å²) in [5.41, 5.74) is 0.998. The van der Waals surface area contributed by atoms with Crippen LogP contribution in [0.3, 0.4) is 0 Å². The molecule has 3 heterocycles. The highest BCUT2D eigenvalue weighted by atomic mass is 35.5. The largest absolute Gasteiger partial charge is 0.304 e. The van der Waals surface area contributed by atoms with Crippen LogP contribution < -0.4 is 0 Å². The van der Waals surface area contributed by atoms with E-state index in [1.165, 1.54) is 0 Å². The lowest BCUT2D eigenvalue weighted by Crippen LogP contribution is -2.45. The molecule has 0 spiro atoms. The Bertz CT molecular complexity index is 558. The fourth-order valence-corrected chi connectivity index (χ4v) is 2.77. The summed E-state index contributed by atoms with van der Waals surface area (Å²) < 4.78 is 2.10. The summed E-state index contributed by atoms with van der Waals surface area (Å²) in [6, 6.07) is 3.87. The van der Waals surface area contributed by atoms with Crippen LogP contribution in [0, 0.1) is 0 Å². The highest BCUT2D eigenvalue weighted by molar-refractivity contribution is 6.33. The first-order valence-corrected chi connectivity index (χ1v) is 7.13. The van der Waals surface area contributed by atoms with E-state index in [4.69, 9.17) is 11.6 Å². The Kier molecular flexibility index (Phi) is 3.73. The lowest BCUT2D eigenvalue weighted by Gasteiger charge is -2.32. The van der Waals surface area contributed by atoms with E-state index < -0.39 is 0 Å². The number of rotatable bonds is 3. The van der Waals surface area contributed by atoms with Crippen molar-refractivity contribution in [3.05, 3.63) is 35.4 Å². The van der Waals surface area contributed by atoms with Gasteiger partial charge in [0.05, 0.1) is 16.7 Å². The molecule has 102 valence electrons. The zero-order chi connectivity index (χ0) is 13.2. The fraction of sp³-hybridized carbons (Fsp3) is 0.500. The molecule has 0 N–H and O–H groups in total. The van der Waals surface area contributed by atoms with Crippen molar-refractivity contribution in [3.63, 3.8) is 0 Å². The number of hydrogen-bond acceptors (Lipinski definition) is 3. The van der Waals surface area contributed by atoms with E-state index in [0.29, 0.717) is 0 Å². The van der Waals surface area contributed by atoms with Gasteiger partial charge in [0.25, 0.3) is 0 Å². The van der Waals surface area contributed by atoms with E-state index in [1.807, 2.05) is 24.5 Å². The van der Waals surface area contributed by atoms with Crippen molar-refractivity contribution in [3.8, 4) is 0 Å². The van der Waals surface area contributed by atoms with Crippen molar-refractivity contribution in [2.45, 2.75) is 6.42 Å². The molecule has 1 aliphatic rings. The molecule has 2 aromatic rings. The summed E-state index contributed by atoms with van der Waals surface area (Å²) >= 11 is 6.16. The normalized spacial score (nSPS) is 18.2. The van der Waals surface area contributed by atoms with Gasteiger partial charge < -0.3 is 14.2 Å². The van der Waals surface area contributed by atoms with Crippen molar-refractivity contribution >= 4 is 17.1 Å². The third-order valence-electron chi connectivity index (χ3n) is 3.84. The zero-order valence-electron chi connectivity index (χ0n) is 11.2. The summed E-state index contributed by atoms with van der Waals surface area (Å²) in [6.45, 7) is 5.70. The van der Waals surface area contributed by atoms with Crippen LogP contribution in [0.2, 0.25) is 5.02 Å². The molecule has 1 aliphatic heterocycles. The van der Waals surface area contributed by atoms with Crippen LogP contribution in [-0.2, 0) is 6.42 Å². The fourth-order valence-electron chi connectivity index (χ4n) is 2.56. The summed E-state index contributed by atoms with van der Waals surface area (Å²) in [7, 11) is 2.18. The molecule has 5 heteroatoms. The Morgan fingerprint density at radius 3 is 2.84 bits per heavy atom. The van der Waals surface area contributed by atoms with Gasteiger partial charge in [0.2, 0.25) is 0 Å². The summed E-state index contributed by atoms with van der Waals surface area (Å²) in [4.78, 5) is 9.38. The molecule has 0 atom stereocenters. The van der Waals surface area contributed by atoms with Crippen molar-refractivity contribution in [1.29, 1.82) is 0 Å². The molecule has 0 aliphatic carbocycles. The van der Waals surface area contributed by atoms with Crippen LogP contribution in [0.5, 0.6) is 0 Å². The third-order valence-corrected chi connectivity index (χ3v) is 4.16. The Hall–Kier alpha value is -1.10. The van der Waals surface area contributed by atoms with Gasteiger partial charge in [-0.15, -0.1) is 0 Å². The van der Waals surface area contributed by atoms with Crippen LogP contribution >= 0.6 is 11.6 Å². The number of fused-ring (bicyclic) bond motifs is 1. The number of halogens is 1. The second-order valence-electron chi connectivity index (χ2n) is 5.18. The molecular weight excluding hydrogens is 260 g/mol. The average Bonchev–Trinajstić information content (AvgIpc) is 2.83. The molecular formula is C14H19ClN4. The van der Waals surface area contributed by atoms with Crippen molar-refractivity contribution in [2.75, 3.05) is 39.8 Å². The quantitative estimate of drug-likeness (QED) is 0.855. The maximum atomic E-state index is 6.16. The molecule has 2 aromatic heterocycles. The predicted molar refractivity (Wildman–Crippen MR) is 77.8 cm³/mol. The van der Waals surface area contributed by atoms with Crippen molar-refractivity contribution in [2.24, 2.45) is 0 Å². The summed E-state index contributed by atoms with van der Waals surface area (Å²) in [6.07, 6.45) is 4.87. The van der Waals surface area contributed by atoms with Crippen molar-refractivity contribution in [1.82, 2.24) is 19.2 Å². The standard InChI is InChI=1S/C14H19ClN4/c1-17-7-9-18(10-8-17)6-4-14-16-11-13-12(15)3-2-5-19(13)14/h2-3,5,11H,4,6-10H2,1H3. The van der Waals surface area contributed by atoms with E-state index in [0.717, 1.165) is 55.5 Å². The minimum Gasteiger partial charge on any atom is -0.304 e. The maximum absolute atomic E-state index is 6.16.